The largest absolute Gasteiger partial charge is 0.314 e. The number of fused-ring (bicyclic) bond motifs is 1. The molecule has 1 aromatic heterocycles. The van der Waals surface area contributed by atoms with Gasteiger partial charge in [0.15, 0.2) is 0 Å². The molecule has 0 aliphatic rings. The van der Waals surface area contributed by atoms with Crippen molar-refractivity contribution < 1.29 is 0 Å². The summed E-state index contributed by atoms with van der Waals surface area (Å²) >= 11 is 0. The number of pyridine rings is 1. The maximum atomic E-state index is 4.41. The Hall–Kier alpha value is -1.67. The monoisotopic (exact) mass is 268 g/mol. The summed E-state index contributed by atoms with van der Waals surface area (Å²) in [7, 11) is 0. The van der Waals surface area contributed by atoms with Crippen LogP contribution < -0.4 is 5.32 Å². The lowest BCUT2D eigenvalue weighted by Gasteiger charge is -2.08. The fourth-order valence-electron chi connectivity index (χ4n) is 2.37. The van der Waals surface area contributed by atoms with E-state index >= 15 is 0 Å². The standard InChI is InChI=1S/C18H24N2/c1-14(2)19-11-6-7-15(3)13-16-10-12-20-18-9-5-4-8-17(16)18/h4-5,7-10,12,14,19H,6,11,13H2,1-3H3. The van der Waals surface area contributed by atoms with Gasteiger partial charge in [-0.2, -0.15) is 0 Å². The second kappa shape index (κ2) is 7.20. The van der Waals surface area contributed by atoms with Crippen molar-refractivity contribution in [3.8, 4) is 0 Å². The minimum Gasteiger partial charge on any atom is -0.314 e. The van der Waals surface area contributed by atoms with Gasteiger partial charge in [-0.25, -0.2) is 0 Å². The van der Waals surface area contributed by atoms with E-state index in [0.717, 1.165) is 24.9 Å². The minimum absolute atomic E-state index is 0.563. The van der Waals surface area contributed by atoms with E-state index in [1.165, 1.54) is 16.5 Å². The van der Waals surface area contributed by atoms with E-state index < -0.39 is 0 Å². The number of nitrogens with zero attached hydrogens (tertiary/aromatic N) is 1. The minimum atomic E-state index is 0.563. The first-order valence-corrected chi connectivity index (χ1v) is 7.38. The Morgan fingerprint density at radius 3 is 2.85 bits per heavy atom. The zero-order valence-corrected chi connectivity index (χ0v) is 12.7. The molecular weight excluding hydrogens is 244 g/mol. The van der Waals surface area contributed by atoms with Crippen molar-refractivity contribution in [2.75, 3.05) is 6.54 Å². The first-order chi connectivity index (χ1) is 9.66. The Labute approximate surface area is 121 Å². The second-order valence-electron chi connectivity index (χ2n) is 5.61. The van der Waals surface area contributed by atoms with E-state index in [-0.39, 0.29) is 0 Å². The molecule has 0 atom stereocenters. The van der Waals surface area contributed by atoms with Crippen LogP contribution in [0.25, 0.3) is 10.9 Å². The fraction of sp³-hybridized carbons (Fsp3) is 0.389. The van der Waals surface area contributed by atoms with Crippen LogP contribution in [0.5, 0.6) is 0 Å². The number of nitrogens with one attached hydrogen (secondary N) is 1. The van der Waals surface area contributed by atoms with Crippen LogP contribution in [-0.4, -0.2) is 17.6 Å². The van der Waals surface area contributed by atoms with Crippen LogP contribution in [-0.2, 0) is 6.42 Å². The van der Waals surface area contributed by atoms with Crippen LogP contribution in [0, 0.1) is 0 Å². The third-order valence-corrected chi connectivity index (χ3v) is 3.40. The van der Waals surface area contributed by atoms with Crippen LogP contribution in [0.3, 0.4) is 0 Å². The molecule has 0 saturated heterocycles. The Morgan fingerprint density at radius 2 is 2.05 bits per heavy atom. The average molecular weight is 268 g/mol. The van der Waals surface area contributed by atoms with Crippen molar-refractivity contribution in [2.24, 2.45) is 0 Å². The molecule has 2 aromatic rings. The van der Waals surface area contributed by atoms with Gasteiger partial charge in [0, 0.05) is 17.6 Å². The molecule has 0 aliphatic heterocycles. The lowest BCUT2D eigenvalue weighted by molar-refractivity contribution is 0.594. The third-order valence-electron chi connectivity index (χ3n) is 3.40. The number of benzene rings is 1. The molecule has 1 aromatic carbocycles. The number of aromatic nitrogens is 1. The number of para-hydroxylation sites is 1. The van der Waals surface area contributed by atoms with Crippen molar-refractivity contribution in [3.05, 3.63) is 53.7 Å². The van der Waals surface area contributed by atoms with E-state index in [2.05, 4.69) is 61.4 Å². The normalized spacial score (nSPS) is 12.3. The van der Waals surface area contributed by atoms with Gasteiger partial charge in [0.25, 0.3) is 0 Å². The van der Waals surface area contributed by atoms with Crippen LogP contribution in [0.1, 0.15) is 32.8 Å². The summed E-state index contributed by atoms with van der Waals surface area (Å²) < 4.78 is 0. The van der Waals surface area contributed by atoms with Gasteiger partial charge in [-0.3, -0.25) is 4.98 Å². The smallest absolute Gasteiger partial charge is 0.0704 e. The molecule has 2 rings (SSSR count). The summed E-state index contributed by atoms with van der Waals surface area (Å²) in [6.07, 6.45) is 6.34. The molecule has 0 aliphatic carbocycles. The molecule has 0 spiro atoms. The summed E-state index contributed by atoms with van der Waals surface area (Å²) in [6.45, 7) is 7.62. The first kappa shape index (κ1) is 14.7. The Balaban J connectivity index is 2.02. The number of allylic oxidation sites excluding steroid dienone is 1. The van der Waals surface area contributed by atoms with Crippen LogP contribution >= 0.6 is 0 Å². The Morgan fingerprint density at radius 1 is 1.25 bits per heavy atom. The van der Waals surface area contributed by atoms with Crippen molar-refractivity contribution >= 4 is 10.9 Å². The second-order valence-corrected chi connectivity index (χ2v) is 5.61. The summed E-state index contributed by atoms with van der Waals surface area (Å²) in [5.41, 5.74) is 3.87. The zero-order valence-electron chi connectivity index (χ0n) is 12.7. The van der Waals surface area contributed by atoms with E-state index in [4.69, 9.17) is 0 Å². The van der Waals surface area contributed by atoms with Gasteiger partial charge >= 0.3 is 0 Å². The number of rotatable bonds is 6. The highest BCUT2D eigenvalue weighted by atomic mass is 14.9. The van der Waals surface area contributed by atoms with Gasteiger partial charge in [0.2, 0.25) is 0 Å². The number of hydrogen-bond acceptors (Lipinski definition) is 2. The van der Waals surface area contributed by atoms with E-state index in [9.17, 15) is 0 Å². The summed E-state index contributed by atoms with van der Waals surface area (Å²) in [4.78, 5) is 4.41. The van der Waals surface area contributed by atoms with E-state index in [1.807, 2.05) is 12.3 Å². The summed E-state index contributed by atoms with van der Waals surface area (Å²) in [6, 6.07) is 11.0. The molecule has 0 fully saturated rings. The van der Waals surface area contributed by atoms with Gasteiger partial charge in [-0.1, -0.05) is 43.7 Å². The van der Waals surface area contributed by atoms with Crippen LogP contribution in [0.4, 0.5) is 0 Å². The molecule has 0 unspecified atom stereocenters. The molecule has 0 radical (unpaired) electrons. The topological polar surface area (TPSA) is 24.9 Å². The number of hydrogen-bond donors (Lipinski definition) is 1. The molecular formula is C18H24N2. The SMILES string of the molecule is CC(=CCCNC(C)C)Cc1ccnc2ccccc12. The molecule has 1 heterocycles. The average Bonchev–Trinajstić information content (AvgIpc) is 2.44. The van der Waals surface area contributed by atoms with Gasteiger partial charge in [-0.05, 0) is 44.0 Å². The van der Waals surface area contributed by atoms with E-state index in [0.29, 0.717) is 6.04 Å². The van der Waals surface area contributed by atoms with Gasteiger partial charge < -0.3 is 5.32 Å². The Bertz CT molecular complexity index is 579. The van der Waals surface area contributed by atoms with Crippen molar-refractivity contribution in [1.82, 2.24) is 10.3 Å². The fourth-order valence-corrected chi connectivity index (χ4v) is 2.37. The Kier molecular flexibility index (Phi) is 5.31. The quantitative estimate of drug-likeness (QED) is 0.630. The molecule has 0 bridgehead atoms. The molecule has 106 valence electrons. The predicted octanol–water partition coefficient (Wildman–Crippen LogP) is 4.11. The molecule has 2 nitrogen and oxygen atoms in total. The predicted molar refractivity (Wildman–Crippen MR) is 87.0 cm³/mol. The lowest BCUT2D eigenvalue weighted by Crippen LogP contribution is -2.23. The molecule has 0 amide bonds. The summed E-state index contributed by atoms with van der Waals surface area (Å²) in [5, 5.41) is 4.71. The van der Waals surface area contributed by atoms with Crippen molar-refractivity contribution in [3.63, 3.8) is 0 Å². The highest BCUT2D eigenvalue weighted by Gasteiger charge is 2.02. The highest BCUT2D eigenvalue weighted by molar-refractivity contribution is 5.82. The third kappa shape index (κ3) is 4.17. The summed E-state index contributed by atoms with van der Waals surface area (Å²) in [5.74, 6) is 0. The van der Waals surface area contributed by atoms with Crippen molar-refractivity contribution in [1.29, 1.82) is 0 Å². The lowest BCUT2D eigenvalue weighted by atomic mass is 10.0. The van der Waals surface area contributed by atoms with E-state index in [1.54, 1.807) is 0 Å². The maximum absolute atomic E-state index is 4.41. The van der Waals surface area contributed by atoms with Crippen LogP contribution in [0.2, 0.25) is 0 Å². The molecule has 20 heavy (non-hydrogen) atoms. The first-order valence-electron chi connectivity index (χ1n) is 7.38. The van der Waals surface area contributed by atoms with Gasteiger partial charge in [-0.15, -0.1) is 0 Å². The molecule has 0 saturated carbocycles. The zero-order chi connectivity index (χ0) is 14.4. The maximum Gasteiger partial charge on any atom is 0.0704 e. The molecule has 1 N–H and O–H groups in total. The van der Waals surface area contributed by atoms with Gasteiger partial charge in [0.05, 0.1) is 5.52 Å². The highest BCUT2D eigenvalue weighted by Crippen LogP contribution is 2.19. The van der Waals surface area contributed by atoms with Crippen LogP contribution in [0.15, 0.2) is 48.2 Å². The van der Waals surface area contributed by atoms with Crippen molar-refractivity contribution in [2.45, 2.75) is 39.7 Å². The van der Waals surface area contributed by atoms with Gasteiger partial charge in [0.1, 0.15) is 0 Å². The molecule has 2 heteroatoms.